The fourth-order valence-corrected chi connectivity index (χ4v) is 2.78. The number of nitrogens with zero attached hydrogens (tertiary/aromatic N) is 3. The minimum absolute atomic E-state index is 0.519. The molecule has 114 valence electrons. The molecule has 1 N–H and O–H groups in total. The standard InChI is InChI=1S/C17H26N4/c1-15-8-9-17(20-16(15)14-18)19-10-4-2-5-11-21-12-6-3-7-13-21/h8-9H,2-7,10-13H2,1H3,(H,19,20). The summed E-state index contributed by atoms with van der Waals surface area (Å²) < 4.78 is 0. The van der Waals surface area contributed by atoms with Gasteiger partial charge in [0.05, 0.1) is 0 Å². The quantitative estimate of drug-likeness (QED) is 0.781. The zero-order chi connectivity index (χ0) is 14.9. The molecule has 0 radical (unpaired) electrons. The molecule has 4 heteroatoms. The minimum Gasteiger partial charge on any atom is -0.370 e. The summed E-state index contributed by atoms with van der Waals surface area (Å²) >= 11 is 0. The average Bonchev–Trinajstić information content (AvgIpc) is 2.53. The number of aryl methyl sites for hydroxylation is 1. The molecule has 0 bridgehead atoms. The van der Waals surface area contributed by atoms with Crippen molar-refractivity contribution in [1.29, 1.82) is 5.26 Å². The molecular weight excluding hydrogens is 260 g/mol. The third-order valence-corrected chi connectivity index (χ3v) is 4.11. The van der Waals surface area contributed by atoms with Gasteiger partial charge in [0.15, 0.2) is 0 Å². The van der Waals surface area contributed by atoms with E-state index in [9.17, 15) is 0 Å². The van der Waals surface area contributed by atoms with Gasteiger partial charge in [0, 0.05) is 6.54 Å². The molecule has 0 atom stereocenters. The highest BCUT2D eigenvalue weighted by atomic mass is 15.1. The van der Waals surface area contributed by atoms with Gasteiger partial charge in [0.25, 0.3) is 0 Å². The smallest absolute Gasteiger partial charge is 0.145 e. The Hall–Kier alpha value is -1.60. The number of piperidine rings is 1. The second kappa shape index (κ2) is 8.63. The molecule has 1 fully saturated rings. The van der Waals surface area contributed by atoms with E-state index in [-0.39, 0.29) is 0 Å². The highest BCUT2D eigenvalue weighted by Crippen LogP contribution is 2.11. The summed E-state index contributed by atoms with van der Waals surface area (Å²) in [6, 6.07) is 6.02. The number of nitrogens with one attached hydrogen (secondary N) is 1. The molecular formula is C17H26N4. The van der Waals surface area contributed by atoms with Crippen molar-refractivity contribution in [3.05, 3.63) is 23.4 Å². The fourth-order valence-electron chi connectivity index (χ4n) is 2.78. The molecule has 4 nitrogen and oxygen atoms in total. The van der Waals surface area contributed by atoms with Crippen LogP contribution in [0, 0.1) is 18.3 Å². The molecule has 1 aromatic rings. The summed E-state index contributed by atoms with van der Waals surface area (Å²) in [6.45, 7) is 6.68. The summed E-state index contributed by atoms with van der Waals surface area (Å²) in [5, 5.41) is 12.3. The third kappa shape index (κ3) is 5.35. The van der Waals surface area contributed by atoms with Crippen molar-refractivity contribution >= 4 is 5.82 Å². The summed E-state index contributed by atoms with van der Waals surface area (Å²) in [7, 11) is 0. The van der Waals surface area contributed by atoms with Crippen LogP contribution in [0.3, 0.4) is 0 Å². The fraction of sp³-hybridized carbons (Fsp3) is 0.647. The first-order valence-corrected chi connectivity index (χ1v) is 8.13. The lowest BCUT2D eigenvalue weighted by atomic mass is 10.1. The molecule has 0 aliphatic carbocycles. The van der Waals surface area contributed by atoms with E-state index in [1.165, 1.54) is 51.7 Å². The largest absolute Gasteiger partial charge is 0.370 e. The first kappa shape index (κ1) is 15.8. The van der Waals surface area contributed by atoms with Crippen LogP contribution in [0.15, 0.2) is 12.1 Å². The lowest BCUT2D eigenvalue weighted by molar-refractivity contribution is 0.224. The van der Waals surface area contributed by atoms with Crippen molar-refractivity contribution in [1.82, 2.24) is 9.88 Å². The van der Waals surface area contributed by atoms with Gasteiger partial charge in [0.1, 0.15) is 17.6 Å². The van der Waals surface area contributed by atoms with Crippen molar-refractivity contribution in [3.8, 4) is 6.07 Å². The van der Waals surface area contributed by atoms with E-state index >= 15 is 0 Å². The Bertz CT molecular complexity index is 472. The highest BCUT2D eigenvalue weighted by Gasteiger charge is 2.08. The predicted octanol–water partition coefficient (Wildman–Crippen LogP) is 3.33. The maximum atomic E-state index is 8.96. The van der Waals surface area contributed by atoms with Crippen molar-refractivity contribution in [2.45, 2.75) is 45.4 Å². The predicted molar refractivity (Wildman–Crippen MR) is 86.3 cm³/mol. The lowest BCUT2D eigenvalue weighted by Crippen LogP contribution is -2.30. The van der Waals surface area contributed by atoms with Crippen LogP contribution < -0.4 is 5.32 Å². The van der Waals surface area contributed by atoms with Gasteiger partial charge in [0.2, 0.25) is 0 Å². The van der Waals surface area contributed by atoms with Gasteiger partial charge in [-0.05, 0) is 63.9 Å². The third-order valence-electron chi connectivity index (χ3n) is 4.11. The first-order chi connectivity index (χ1) is 10.3. The van der Waals surface area contributed by atoms with Gasteiger partial charge in [-0.1, -0.05) is 18.9 Å². The van der Waals surface area contributed by atoms with E-state index in [0.717, 1.165) is 24.3 Å². The minimum atomic E-state index is 0.519. The number of nitriles is 1. The van der Waals surface area contributed by atoms with Crippen LogP contribution in [-0.2, 0) is 0 Å². The molecule has 0 aromatic carbocycles. The molecule has 1 aliphatic heterocycles. The van der Waals surface area contributed by atoms with Crippen LogP contribution in [0.5, 0.6) is 0 Å². The number of likely N-dealkylation sites (tertiary alicyclic amines) is 1. The van der Waals surface area contributed by atoms with E-state index < -0.39 is 0 Å². The number of unbranched alkanes of at least 4 members (excludes halogenated alkanes) is 2. The SMILES string of the molecule is Cc1ccc(NCCCCCN2CCCCC2)nc1C#N. The first-order valence-electron chi connectivity index (χ1n) is 8.13. The maximum Gasteiger partial charge on any atom is 0.145 e. The number of anilines is 1. The number of rotatable bonds is 7. The van der Waals surface area contributed by atoms with Crippen LogP contribution in [-0.4, -0.2) is 36.1 Å². The summed E-state index contributed by atoms with van der Waals surface area (Å²) in [5.74, 6) is 0.813. The molecule has 0 unspecified atom stereocenters. The summed E-state index contributed by atoms with van der Waals surface area (Å²) in [5.41, 5.74) is 1.45. The Morgan fingerprint density at radius 3 is 2.76 bits per heavy atom. The van der Waals surface area contributed by atoms with Gasteiger partial charge in [-0.15, -0.1) is 0 Å². The Morgan fingerprint density at radius 2 is 2.00 bits per heavy atom. The normalized spacial score (nSPS) is 15.6. The molecule has 2 heterocycles. The second-order valence-electron chi connectivity index (χ2n) is 5.86. The molecule has 0 saturated carbocycles. The van der Waals surface area contributed by atoms with Crippen molar-refractivity contribution in [2.75, 3.05) is 31.5 Å². The molecule has 0 amide bonds. The summed E-state index contributed by atoms with van der Waals surface area (Å²) in [6.07, 6.45) is 7.86. The molecule has 2 rings (SSSR count). The summed E-state index contributed by atoms with van der Waals surface area (Å²) in [4.78, 5) is 6.90. The number of pyridine rings is 1. The van der Waals surface area contributed by atoms with Gasteiger partial charge < -0.3 is 10.2 Å². The van der Waals surface area contributed by atoms with Gasteiger partial charge in [-0.3, -0.25) is 0 Å². The Kier molecular flexibility index (Phi) is 6.49. The molecule has 1 aromatic heterocycles. The van der Waals surface area contributed by atoms with Crippen molar-refractivity contribution in [3.63, 3.8) is 0 Å². The van der Waals surface area contributed by atoms with E-state index in [0.29, 0.717) is 5.69 Å². The molecule has 0 spiro atoms. The Labute approximate surface area is 128 Å². The lowest BCUT2D eigenvalue weighted by Gasteiger charge is -2.26. The number of hydrogen-bond donors (Lipinski definition) is 1. The molecule has 1 aliphatic rings. The van der Waals surface area contributed by atoms with Gasteiger partial charge in [-0.25, -0.2) is 4.98 Å². The maximum absolute atomic E-state index is 8.96. The monoisotopic (exact) mass is 286 g/mol. The second-order valence-corrected chi connectivity index (χ2v) is 5.86. The molecule has 1 saturated heterocycles. The topological polar surface area (TPSA) is 52.0 Å². The van der Waals surface area contributed by atoms with Crippen molar-refractivity contribution in [2.24, 2.45) is 0 Å². The Balaban J connectivity index is 1.58. The van der Waals surface area contributed by atoms with Crippen LogP contribution in [0.1, 0.15) is 49.8 Å². The van der Waals surface area contributed by atoms with Crippen LogP contribution >= 0.6 is 0 Å². The molecule has 21 heavy (non-hydrogen) atoms. The number of hydrogen-bond acceptors (Lipinski definition) is 4. The zero-order valence-corrected chi connectivity index (χ0v) is 13.1. The van der Waals surface area contributed by atoms with E-state index in [1.807, 2.05) is 19.1 Å². The van der Waals surface area contributed by atoms with Crippen molar-refractivity contribution < 1.29 is 0 Å². The van der Waals surface area contributed by atoms with E-state index in [4.69, 9.17) is 5.26 Å². The number of aromatic nitrogens is 1. The van der Waals surface area contributed by atoms with Gasteiger partial charge >= 0.3 is 0 Å². The van der Waals surface area contributed by atoms with Crippen LogP contribution in [0.25, 0.3) is 0 Å². The van der Waals surface area contributed by atoms with Crippen LogP contribution in [0.2, 0.25) is 0 Å². The zero-order valence-electron chi connectivity index (χ0n) is 13.1. The van der Waals surface area contributed by atoms with Gasteiger partial charge in [-0.2, -0.15) is 5.26 Å². The highest BCUT2D eigenvalue weighted by molar-refractivity contribution is 5.42. The Morgan fingerprint density at radius 1 is 1.19 bits per heavy atom. The van der Waals surface area contributed by atoms with E-state index in [2.05, 4.69) is 21.3 Å². The van der Waals surface area contributed by atoms with Crippen LogP contribution in [0.4, 0.5) is 5.82 Å². The average molecular weight is 286 g/mol. The van der Waals surface area contributed by atoms with E-state index in [1.54, 1.807) is 0 Å².